The predicted octanol–water partition coefficient (Wildman–Crippen LogP) is 0.906. The summed E-state index contributed by atoms with van der Waals surface area (Å²) >= 11 is 0. The van der Waals surface area contributed by atoms with Crippen LogP contribution in [0.15, 0.2) is 23.3 Å². The van der Waals surface area contributed by atoms with Crippen LogP contribution in [0.2, 0.25) is 0 Å². The van der Waals surface area contributed by atoms with Crippen LogP contribution >= 0.6 is 0 Å². The number of hydrazone groups is 1. The molecule has 0 heterocycles. The molecule has 0 atom stereocenters. The highest BCUT2D eigenvalue weighted by atomic mass is 16.5. The predicted molar refractivity (Wildman–Crippen MR) is 66.2 cm³/mol. The quantitative estimate of drug-likeness (QED) is 0.578. The second-order valence-corrected chi connectivity index (χ2v) is 3.56. The van der Waals surface area contributed by atoms with Crippen LogP contribution in [0, 0.1) is 0 Å². The van der Waals surface area contributed by atoms with Crippen molar-refractivity contribution in [3.8, 4) is 5.75 Å². The number of benzene rings is 1. The molecule has 0 amide bonds. The first-order chi connectivity index (χ1) is 8.54. The van der Waals surface area contributed by atoms with Crippen LogP contribution in [-0.4, -0.2) is 36.7 Å². The first-order valence-corrected chi connectivity index (χ1v) is 5.21. The average molecular weight is 250 g/mol. The molecule has 18 heavy (non-hydrogen) atoms. The lowest BCUT2D eigenvalue weighted by Crippen LogP contribution is -2.15. The Bertz CT molecular complexity index is 483. The van der Waals surface area contributed by atoms with E-state index in [0.717, 1.165) is 0 Å². The monoisotopic (exact) mass is 250 g/mol. The fraction of sp³-hybridized carbons (Fsp3) is 0.250. The van der Waals surface area contributed by atoms with Crippen molar-refractivity contribution in [2.24, 2.45) is 5.10 Å². The molecule has 1 rings (SSSR count). The summed E-state index contributed by atoms with van der Waals surface area (Å²) in [5.41, 5.74) is 3.22. The number of ether oxygens (including phenoxy) is 1. The Labute approximate surface area is 104 Å². The minimum absolute atomic E-state index is 0.0342. The van der Waals surface area contributed by atoms with Crippen molar-refractivity contribution in [3.63, 3.8) is 0 Å². The smallest absolute Gasteiger partial charge is 0.339 e. The molecule has 0 spiro atoms. The zero-order valence-electron chi connectivity index (χ0n) is 10.1. The maximum Gasteiger partial charge on any atom is 0.339 e. The van der Waals surface area contributed by atoms with Gasteiger partial charge in [0.2, 0.25) is 0 Å². The molecule has 0 aliphatic heterocycles. The molecule has 0 fully saturated rings. The van der Waals surface area contributed by atoms with Crippen molar-refractivity contribution >= 4 is 18.0 Å². The van der Waals surface area contributed by atoms with Crippen LogP contribution in [0.3, 0.4) is 0 Å². The third-order valence-corrected chi connectivity index (χ3v) is 2.09. The van der Waals surface area contributed by atoms with E-state index in [1.807, 2.05) is 0 Å². The molecule has 1 aromatic carbocycles. The first kappa shape index (κ1) is 13.7. The number of carboxylic acids is 1. The van der Waals surface area contributed by atoms with E-state index in [-0.39, 0.29) is 23.6 Å². The van der Waals surface area contributed by atoms with Gasteiger partial charge in [0.15, 0.2) is 5.78 Å². The summed E-state index contributed by atoms with van der Waals surface area (Å²) in [7, 11) is 1.41. The molecule has 0 aliphatic rings. The Morgan fingerprint density at radius 1 is 1.50 bits per heavy atom. The Kier molecular flexibility index (Phi) is 4.86. The van der Waals surface area contributed by atoms with Gasteiger partial charge in [0, 0.05) is 0 Å². The third kappa shape index (κ3) is 3.89. The molecule has 1 aromatic rings. The molecule has 0 aliphatic carbocycles. The number of nitrogens with one attached hydrogen (secondary N) is 1. The van der Waals surface area contributed by atoms with Gasteiger partial charge in [-0.25, -0.2) is 4.79 Å². The normalized spacial score (nSPS) is 10.3. The summed E-state index contributed by atoms with van der Waals surface area (Å²) in [5, 5.41) is 12.8. The minimum Gasteiger partial charge on any atom is -0.496 e. The van der Waals surface area contributed by atoms with Gasteiger partial charge in [-0.3, -0.25) is 4.79 Å². The van der Waals surface area contributed by atoms with Crippen molar-refractivity contribution in [1.82, 2.24) is 5.43 Å². The van der Waals surface area contributed by atoms with E-state index < -0.39 is 5.97 Å². The van der Waals surface area contributed by atoms with Crippen LogP contribution in [0.25, 0.3) is 0 Å². The number of hydrogen-bond donors (Lipinski definition) is 2. The number of carboxylic acid groups (broad SMARTS) is 1. The lowest BCUT2D eigenvalue weighted by Gasteiger charge is -2.05. The highest BCUT2D eigenvalue weighted by Crippen LogP contribution is 2.18. The van der Waals surface area contributed by atoms with Crippen LogP contribution < -0.4 is 10.2 Å². The highest BCUT2D eigenvalue weighted by Gasteiger charge is 2.10. The maximum atomic E-state index is 11.0. The van der Waals surface area contributed by atoms with E-state index in [4.69, 9.17) is 9.84 Å². The number of methoxy groups -OCH3 is 1. The fourth-order valence-electron chi connectivity index (χ4n) is 1.25. The van der Waals surface area contributed by atoms with Gasteiger partial charge in [-0.05, 0) is 30.7 Å². The van der Waals surface area contributed by atoms with Crippen molar-refractivity contribution in [2.75, 3.05) is 13.7 Å². The summed E-state index contributed by atoms with van der Waals surface area (Å²) in [6, 6.07) is 4.67. The lowest BCUT2D eigenvalue weighted by molar-refractivity contribution is -0.116. The Morgan fingerprint density at radius 3 is 2.78 bits per heavy atom. The Morgan fingerprint density at radius 2 is 2.22 bits per heavy atom. The summed E-state index contributed by atoms with van der Waals surface area (Å²) in [5.74, 6) is -0.816. The summed E-state index contributed by atoms with van der Waals surface area (Å²) < 4.78 is 4.93. The average Bonchev–Trinajstić information content (AvgIpc) is 2.34. The van der Waals surface area contributed by atoms with Crippen molar-refractivity contribution < 1.29 is 19.4 Å². The van der Waals surface area contributed by atoms with E-state index in [1.54, 1.807) is 12.1 Å². The first-order valence-electron chi connectivity index (χ1n) is 5.21. The van der Waals surface area contributed by atoms with Crippen molar-refractivity contribution in [3.05, 3.63) is 29.3 Å². The fourth-order valence-corrected chi connectivity index (χ4v) is 1.25. The van der Waals surface area contributed by atoms with Crippen LogP contribution in [0.5, 0.6) is 5.75 Å². The number of Topliss-reactive ketones (excluding diaryl/α,β-unsaturated/α-hetero) is 1. The summed E-state index contributed by atoms with van der Waals surface area (Å²) in [6.07, 6.45) is 1.44. The van der Waals surface area contributed by atoms with Crippen molar-refractivity contribution in [2.45, 2.75) is 6.92 Å². The molecule has 6 heteroatoms. The highest BCUT2D eigenvalue weighted by molar-refractivity contribution is 5.93. The molecule has 0 saturated carbocycles. The largest absolute Gasteiger partial charge is 0.496 e. The number of hydrogen-bond acceptors (Lipinski definition) is 5. The minimum atomic E-state index is -1.07. The van der Waals surface area contributed by atoms with Gasteiger partial charge < -0.3 is 15.3 Å². The molecule has 0 radical (unpaired) electrons. The van der Waals surface area contributed by atoms with Crippen molar-refractivity contribution in [1.29, 1.82) is 0 Å². The number of aromatic carboxylic acids is 1. The van der Waals surface area contributed by atoms with Gasteiger partial charge in [0.25, 0.3) is 0 Å². The number of rotatable bonds is 6. The van der Waals surface area contributed by atoms with Crippen LogP contribution in [0.1, 0.15) is 22.8 Å². The summed E-state index contributed by atoms with van der Waals surface area (Å²) in [6.45, 7) is 1.58. The number of carbonyl (C=O) groups is 2. The Hall–Kier alpha value is -2.37. The van der Waals surface area contributed by atoms with E-state index in [0.29, 0.717) is 5.56 Å². The topological polar surface area (TPSA) is 88.0 Å². The van der Waals surface area contributed by atoms with Crippen LogP contribution in [0.4, 0.5) is 0 Å². The standard InChI is InChI=1S/C12H14N2O4/c1-8(15)6-13-14-7-9-3-4-11(18-2)10(5-9)12(16)17/h3-5,7,13H,6H2,1-2H3,(H,16,17)/b14-7-. The third-order valence-electron chi connectivity index (χ3n) is 2.09. The van der Waals surface area contributed by atoms with Gasteiger partial charge in [0.1, 0.15) is 11.3 Å². The van der Waals surface area contributed by atoms with Gasteiger partial charge in [-0.2, -0.15) is 5.10 Å². The molecular weight excluding hydrogens is 236 g/mol. The number of ketones is 1. The molecule has 0 bridgehead atoms. The zero-order chi connectivity index (χ0) is 13.5. The molecule has 96 valence electrons. The van der Waals surface area contributed by atoms with E-state index in [1.165, 1.54) is 26.3 Å². The second kappa shape index (κ2) is 6.39. The van der Waals surface area contributed by atoms with Gasteiger partial charge >= 0.3 is 5.97 Å². The molecule has 0 aromatic heterocycles. The molecule has 2 N–H and O–H groups in total. The second-order valence-electron chi connectivity index (χ2n) is 3.56. The van der Waals surface area contributed by atoms with Crippen LogP contribution in [-0.2, 0) is 4.79 Å². The number of carbonyl (C=O) groups excluding carboxylic acids is 1. The summed E-state index contributed by atoms with van der Waals surface area (Å²) in [4.78, 5) is 21.6. The maximum absolute atomic E-state index is 11.0. The molecule has 6 nitrogen and oxygen atoms in total. The van der Waals surface area contributed by atoms with E-state index >= 15 is 0 Å². The molecular formula is C12H14N2O4. The lowest BCUT2D eigenvalue weighted by atomic mass is 10.1. The van der Waals surface area contributed by atoms with E-state index in [9.17, 15) is 9.59 Å². The molecule has 0 unspecified atom stereocenters. The Balaban J connectivity index is 2.82. The zero-order valence-corrected chi connectivity index (χ0v) is 10.1. The van der Waals surface area contributed by atoms with Gasteiger partial charge in [-0.15, -0.1) is 0 Å². The molecule has 0 saturated heterocycles. The van der Waals surface area contributed by atoms with E-state index in [2.05, 4.69) is 10.5 Å². The SMILES string of the molecule is COc1ccc(/C=N\NCC(C)=O)cc1C(=O)O. The number of nitrogens with zero attached hydrogens (tertiary/aromatic N) is 1. The van der Waals surface area contributed by atoms with Gasteiger partial charge in [0.05, 0.1) is 19.9 Å². The van der Waals surface area contributed by atoms with Gasteiger partial charge in [-0.1, -0.05) is 0 Å².